The molecule has 92 valence electrons. The largest absolute Gasteiger partial charge is 0.502 e. The number of hydrogen-bond acceptors (Lipinski definition) is 3. The minimum absolute atomic E-state index is 0.0670. The number of H-pyrrole nitrogens is 1. The number of hydrogen-bond donors (Lipinski definition) is 3. The molecule has 0 saturated carbocycles. The number of aromatic hydroxyl groups is 1. The van der Waals surface area contributed by atoms with Crippen LogP contribution in [-0.4, -0.2) is 16.1 Å². The van der Waals surface area contributed by atoms with Gasteiger partial charge in [-0.1, -0.05) is 6.08 Å². The van der Waals surface area contributed by atoms with Crippen LogP contribution in [0.2, 0.25) is 0 Å². The van der Waals surface area contributed by atoms with Crippen LogP contribution in [0.3, 0.4) is 0 Å². The second-order valence-electron chi connectivity index (χ2n) is 3.64. The molecule has 17 heavy (non-hydrogen) atoms. The predicted octanol–water partition coefficient (Wildman–Crippen LogP) is 0.199. The van der Waals surface area contributed by atoms with Crippen LogP contribution in [-0.2, 0) is 17.9 Å². The summed E-state index contributed by atoms with van der Waals surface area (Å²) in [6.07, 6.45) is 4.65. The number of aromatic nitrogens is 1. The molecule has 0 spiro atoms. The van der Waals surface area contributed by atoms with Crippen molar-refractivity contribution in [3.63, 3.8) is 0 Å². The first-order valence-corrected chi connectivity index (χ1v) is 5.33. The number of aliphatic hydroxyl groups excluding tert-OH is 1. The molecule has 1 aromatic heterocycles. The van der Waals surface area contributed by atoms with E-state index >= 15 is 0 Å². The Balaban J connectivity index is 2.89. The first kappa shape index (κ1) is 13.2. The maximum Gasteiger partial charge on any atom is 0.243 e. The van der Waals surface area contributed by atoms with E-state index in [1.807, 2.05) is 0 Å². The van der Waals surface area contributed by atoms with Gasteiger partial charge >= 0.3 is 0 Å². The minimum Gasteiger partial charge on any atom is -0.502 e. The lowest BCUT2D eigenvalue weighted by Crippen LogP contribution is -2.23. The highest BCUT2D eigenvalue weighted by molar-refractivity contribution is 5.87. The molecule has 5 nitrogen and oxygen atoms in total. The van der Waals surface area contributed by atoms with Crippen LogP contribution in [0.25, 0.3) is 0 Å². The molecule has 1 heterocycles. The number of aromatic amines is 1. The summed E-state index contributed by atoms with van der Waals surface area (Å²) < 4.78 is 0. The van der Waals surface area contributed by atoms with Crippen LogP contribution >= 0.6 is 0 Å². The van der Waals surface area contributed by atoms with E-state index in [9.17, 15) is 9.90 Å². The molecule has 0 unspecified atom stereocenters. The van der Waals surface area contributed by atoms with E-state index in [0.29, 0.717) is 16.8 Å². The number of amides is 1. The molecule has 0 aliphatic carbocycles. The van der Waals surface area contributed by atoms with Gasteiger partial charge in [-0.25, -0.2) is 4.98 Å². The van der Waals surface area contributed by atoms with Gasteiger partial charge in [0.2, 0.25) is 11.6 Å². The Hall–Kier alpha value is -1.88. The monoisotopic (exact) mass is 237 g/mol. The number of carbonyl (C=O) groups excluding carboxylic acids is 1. The average Bonchev–Trinajstić information content (AvgIpc) is 2.31. The smallest absolute Gasteiger partial charge is 0.243 e. The van der Waals surface area contributed by atoms with Gasteiger partial charge in [0.25, 0.3) is 0 Å². The molecule has 0 aliphatic heterocycles. The van der Waals surface area contributed by atoms with Gasteiger partial charge < -0.3 is 15.5 Å². The summed E-state index contributed by atoms with van der Waals surface area (Å²) in [4.78, 5) is 14.1. The molecular formula is C12H17N2O3+. The highest BCUT2D eigenvalue weighted by atomic mass is 16.3. The fourth-order valence-corrected chi connectivity index (χ4v) is 1.45. The molecule has 0 aliphatic rings. The van der Waals surface area contributed by atoms with Crippen molar-refractivity contribution in [2.75, 3.05) is 0 Å². The fraction of sp³-hybridized carbons (Fsp3) is 0.333. The predicted molar refractivity (Wildman–Crippen MR) is 62.0 cm³/mol. The minimum atomic E-state index is -0.235. The van der Waals surface area contributed by atoms with Crippen LogP contribution in [0.1, 0.15) is 23.7 Å². The zero-order valence-electron chi connectivity index (χ0n) is 9.95. The Kier molecular flexibility index (Phi) is 4.66. The lowest BCUT2D eigenvalue weighted by molar-refractivity contribution is -0.389. The van der Waals surface area contributed by atoms with E-state index in [2.05, 4.69) is 10.3 Å². The van der Waals surface area contributed by atoms with Crippen molar-refractivity contribution in [2.45, 2.75) is 27.0 Å². The topological polar surface area (TPSA) is 83.7 Å². The maximum absolute atomic E-state index is 11.3. The van der Waals surface area contributed by atoms with Crippen LogP contribution in [0.15, 0.2) is 18.3 Å². The van der Waals surface area contributed by atoms with Crippen molar-refractivity contribution in [1.29, 1.82) is 0 Å². The lowest BCUT2D eigenvalue weighted by atomic mass is 10.1. The van der Waals surface area contributed by atoms with Crippen LogP contribution in [0.5, 0.6) is 5.75 Å². The van der Waals surface area contributed by atoms with Gasteiger partial charge in [-0.3, -0.25) is 4.79 Å². The molecule has 0 atom stereocenters. The summed E-state index contributed by atoms with van der Waals surface area (Å²) in [5.74, 6) is -0.168. The quantitative estimate of drug-likeness (QED) is 0.654. The summed E-state index contributed by atoms with van der Waals surface area (Å²) in [5.41, 5.74) is 1.69. The molecule has 0 bridgehead atoms. The van der Waals surface area contributed by atoms with E-state index < -0.39 is 0 Å². The zero-order valence-corrected chi connectivity index (χ0v) is 9.95. The second kappa shape index (κ2) is 6.00. The van der Waals surface area contributed by atoms with Crippen LogP contribution < -0.4 is 10.3 Å². The SMILES string of the molecule is C/C=C/C(=O)NCc1c(CO)c[nH+]c(C)c1O. The third kappa shape index (κ3) is 3.29. The Morgan fingerprint density at radius 1 is 1.59 bits per heavy atom. The zero-order chi connectivity index (χ0) is 12.8. The third-order valence-electron chi connectivity index (χ3n) is 2.42. The van der Waals surface area contributed by atoms with Crippen molar-refractivity contribution in [1.82, 2.24) is 5.32 Å². The molecule has 0 saturated heterocycles. The summed E-state index contributed by atoms with van der Waals surface area (Å²) >= 11 is 0. The lowest BCUT2D eigenvalue weighted by Gasteiger charge is -2.08. The van der Waals surface area contributed by atoms with Crippen molar-refractivity contribution in [2.24, 2.45) is 0 Å². The van der Waals surface area contributed by atoms with E-state index in [0.717, 1.165) is 0 Å². The van der Waals surface area contributed by atoms with Gasteiger partial charge in [-0.05, 0) is 13.0 Å². The summed E-state index contributed by atoms with van der Waals surface area (Å²) in [6.45, 7) is 3.45. The van der Waals surface area contributed by atoms with Gasteiger partial charge in [0.1, 0.15) is 0 Å². The van der Waals surface area contributed by atoms with Crippen LogP contribution in [0.4, 0.5) is 0 Å². The number of pyridine rings is 1. The van der Waals surface area contributed by atoms with Crippen molar-refractivity contribution in [3.05, 3.63) is 35.2 Å². The number of nitrogens with one attached hydrogen (secondary N) is 2. The van der Waals surface area contributed by atoms with Gasteiger partial charge in [0.05, 0.1) is 6.61 Å². The van der Waals surface area contributed by atoms with E-state index in [-0.39, 0.29) is 24.8 Å². The third-order valence-corrected chi connectivity index (χ3v) is 2.42. The molecule has 1 rings (SSSR count). The molecule has 1 amide bonds. The first-order valence-electron chi connectivity index (χ1n) is 5.33. The maximum atomic E-state index is 11.3. The van der Waals surface area contributed by atoms with Gasteiger partial charge in [0.15, 0.2) is 11.9 Å². The average molecular weight is 237 g/mol. The normalized spacial score (nSPS) is 10.8. The standard InChI is InChI=1S/C12H16N2O3/c1-3-4-11(16)14-6-10-9(7-15)5-13-8(2)12(10)17/h3-5,15,17H,6-7H2,1-2H3,(H,14,16)/p+1/b4-3+. The highest BCUT2D eigenvalue weighted by Gasteiger charge is 2.15. The Morgan fingerprint density at radius 2 is 2.29 bits per heavy atom. The fourth-order valence-electron chi connectivity index (χ4n) is 1.45. The summed E-state index contributed by atoms with van der Waals surface area (Å²) in [6, 6.07) is 0. The summed E-state index contributed by atoms with van der Waals surface area (Å²) in [7, 11) is 0. The molecule has 0 aromatic carbocycles. The number of aliphatic hydroxyl groups is 1. The van der Waals surface area contributed by atoms with Crippen LogP contribution in [0, 0.1) is 6.92 Å². The van der Waals surface area contributed by atoms with Gasteiger partial charge in [-0.2, -0.15) is 0 Å². The molecule has 0 radical (unpaired) electrons. The van der Waals surface area contributed by atoms with E-state index in [4.69, 9.17) is 5.11 Å². The highest BCUT2D eigenvalue weighted by Crippen LogP contribution is 2.21. The number of allylic oxidation sites excluding steroid dienone is 1. The summed E-state index contributed by atoms with van der Waals surface area (Å²) in [5, 5.41) is 21.6. The molecule has 1 aromatic rings. The van der Waals surface area contributed by atoms with Gasteiger partial charge in [-0.15, -0.1) is 0 Å². The Labute approximate surface area is 99.8 Å². The van der Waals surface area contributed by atoms with E-state index in [1.54, 1.807) is 26.1 Å². The Bertz CT molecular complexity index is 442. The number of aryl methyl sites for hydroxylation is 1. The molecule has 5 heteroatoms. The van der Waals surface area contributed by atoms with Crippen molar-refractivity contribution < 1.29 is 20.0 Å². The molecular weight excluding hydrogens is 220 g/mol. The first-order chi connectivity index (χ1) is 8.10. The van der Waals surface area contributed by atoms with Crippen molar-refractivity contribution in [3.8, 4) is 5.75 Å². The molecule has 4 N–H and O–H groups in total. The number of carbonyl (C=O) groups is 1. The molecule has 0 fully saturated rings. The Morgan fingerprint density at radius 3 is 2.88 bits per heavy atom. The van der Waals surface area contributed by atoms with Gasteiger partial charge in [0, 0.05) is 24.6 Å². The number of rotatable bonds is 4. The van der Waals surface area contributed by atoms with Crippen molar-refractivity contribution >= 4 is 5.91 Å². The second-order valence-corrected chi connectivity index (χ2v) is 3.64. The van der Waals surface area contributed by atoms with E-state index in [1.165, 1.54) is 6.08 Å².